The lowest BCUT2D eigenvalue weighted by Gasteiger charge is -2.10. The lowest BCUT2D eigenvalue weighted by molar-refractivity contribution is 0.0996. The molecule has 1 aliphatic heterocycles. The van der Waals surface area contributed by atoms with Crippen LogP contribution in [0.3, 0.4) is 0 Å². The first-order valence-corrected chi connectivity index (χ1v) is 9.33. The third kappa shape index (κ3) is 3.15. The van der Waals surface area contributed by atoms with E-state index in [0.29, 0.717) is 6.04 Å². The number of benzene rings is 1. The fraction of sp³-hybridized carbons (Fsp3) is 0.316. The molecule has 1 fully saturated rings. The zero-order valence-corrected chi connectivity index (χ0v) is 14.9. The number of nitrogens with zero attached hydrogens (tertiary/aromatic N) is 2. The number of rotatable bonds is 4. The lowest BCUT2D eigenvalue weighted by Crippen LogP contribution is -2.24. The van der Waals surface area contributed by atoms with Crippen LogP contribution in [0.4, 0.5) is 0 Å². The third-order valence-electron chi connectivity index (χ3n) is 4.70. The summed E-state index contributed by atoms with van der Waals surface area (Å²) in [4.78, 5) is 12.9. The van der Waals surface area contributed by atoms with Gasteiger partial charge in [0.1, 0.15) is 0 Å². The van der Waals surface area contributed by atoms with Gasteiger partial charge in [0, 0.05) is 22.7 Å². The van der Waals surface area contributed by atoms with Gasteiger partial charge in [-0.1, -0.05) is 29.8 Å². The molecule has 1 unspecified atom stereocenters. The molecule has 0 radical (unpaired) electrons. The summed E-state index contributed by atoms with van der Waals surface area (Å²) in [6.07, 6.45) is 3.17. The van der Waals surface area contributed by atoms with E-state index in [1.54, 1.807) is 11.3 Å². The SMILES string of the molecule is Cc1ccc(-c2cc3c(CC4CCCN4)nnc(C(N)=O)c3s2)cc1. The maximum absolute atomic E-state index is 11.8. The van der Waals surface area contributed by atoms with Crippen LogP contribution in [0.15, 0.2) is 30.3 Å². The van der Waals surface area contributed by atoms with Gasteiger partial charge in [-0.05, 0) is 37.9 Å². The monoisotopic (exact) mass is 352 g/mol. The van der Waals surface area contributed by atoms with E-state index in [0.717, 1.165) is 45.6 Å². The average Bonchev–Trinajstić information content (AvgIpc) is 3.25. The number of nitrogens with one attached hydrogen (secondary N) is 1. The lowest BCUT2D eigenvalue weighted by atomic mass is 10.1. The van der Waals surface area contributed by atoms with Crippen LogP contribution < -0.4 is 11.1 Å². The van der Waals surface area contributed by atoms with Crippen molar-refractivity contribution in [3.63, 3.8) is 0 Å². The Morgan fingerprint density at radius 3 is 2.80 bits per heavy atom. The molecule has 3 aromatic rings. The van der Waals surface area contributed by atoms with Crippen LogP contribution in [0, 0.1) is 6.92 Å². The molecule has 1 aliphatic rings. The molecule has 25 heavy (non-hydrogen) atoms. The average molecular weight is 352 g/mol. The standard InChI is InChI=1S/C19H20N4OS/c1-11-4-6-12(7-5-11)16-10-14-15(9-13-3-2-8-21-13)22-23-17(19(20)24)18(14)25-16/h4-7,10,13,21H,2-3,8-9H2,1H3,(H2,20,24). The smallest absolute Gasteiger partial charge is 0.270 e. The number of aryl methyl sites for hydroxylation is 1. The summed E-state index contributed by atoms with van der Waals surface area (Å²) >= 11 is 1.56. The summed E-state index contributed by atoms with van der Waals surface area (Å²) in [6.45, 7) is 3.12. The predicted molar refractivity (Wildman–Crippen MR) is 101 cm³/mol. The Balaban J connectivity index is 1.82. The Hall–Kier alpha value is -2.31. The molecular weight excluding hydrogens is 332 g/mol. The van der Waals surface area contributed by atoms with Gasteiger partial charge >= 0.3 is 0 Å². The molecule has 6 heteroatoms. The number of hydrogen-bond acceptors (Lipinski definition) is 5. The van der Waals surface area contributed by atoms with Gasteiger partial charge in [-0.2, -0.15) is 5.10 Å². The van der Waals surface area contributed by atoms with Crippen molar-refractivity contribution in [3.05, 3.63) is 47.3 Å². The van der Waals surface area contributed by atoms with E-state index in [9.17, 15) is 4.79 Å². The van der Waals surface area contributed by atoms with Gasteiger partial charge in [0.15, 0.2) is 5.69 Å². The van der Waals surface area contributed by atoms with Crippen LogP contribution in [0.25, 0.3) is 20.5 Å². The van der Waals surface area contributed by atoms with E-state index >= 15 is 0 Å². The fourth-order valence-corrected chi connectivity index (χ4v) is 4.50. The number of nitrogens with two attached hydrogens (primary N) is 1. The fourth-order valence-electron chi connectivity index (χ4n) is 3.33. The van der Waals surface area contributed by atoms with E-state index in [2.05, 4.69) is 52.8 Å². The van der Waals surface area contributed by atoms with Crippen molar-refractivity contribution in [2.45, 2.75) is 32.2 Å². The minimum Gasteiger partial charge on any atom is -0.364 e. The van der Waals surface area contributed by atoms with Crippen molar-refractivity contribution >= 4 is 27.3 Å². The summed E-state index contributed by atoms with van der Waals surface area (Å²) in [5.74, 6) is -0.527. The minimum atomic E-state index is -0.527. The molecule has 5 nitrogen and oxygen atoms in total. The highest BCUT2D eigenvalue weighted by molar-refractivity contribution is 7.22. The number of hydrogen-bond donors (Lipinski definition) is 2. The molecule has 3 N–H and O–H groups in total. The van der Waals surface area contributed by atoms with Gasteiger partial charge < -0.3 is 11.1 Å². The van der Waals surface area contributed by atoms with Gasteiger partial charge in [0.25, 0.3) is 5.91 Å². The molecule has 1 amide bonds. The molecule has 2 aromatic heterocycles. The molecule has 1 aromatic carbocycles. The second-order valence-electron chi connectivity index (χ2n) is 6.58. The largest absolute Gasteiger partial charge is 0.364 e. The molecule has 3 heterocycles. The van der Waals surface area contributed by atoms with Crippen LogP contribution in [0.1, 0.15) is 34.6 Å². The van der Waals surface area contributed by atoms with E-state index in [1.807, 2.05) is 0 Å². The topological polar surface area (TPSA) is 80.9 Å². The maximum Gasteiger partial charge on any atom is 0.270 e. The molecular formula is C19H20N4OS. The van der Waals surface area contributed by atoms with Crippen LogP contribution in [0.2, 0.25) is 0 Å². The Morgan fingerprint density at radius 1 is 1.32 bits per heavy atom. The molecule has 0 spiro atoms. The number of carbonyl (C=O) groups excluding carboxylic acids is 1. The molecule has 4 rings (SSSR count). The van der Waals surface area contributed by atoms with Crippen molar-refractivity contribution in [1.82, 2.24) is 15.5 Å². The first-order valence-electron chi connectivity index (χ1n) is 8.51. The van der Waals surface area contributed by atoms with Crippen molar-refractivity contribution < 1.29 is 4.79 Å². The Labute approximate surface area is 150 Å². The highest BCUT2D eigenvalue weighted by Crippen LogP contribution is 2.36. The Morgan fingerprint density at radius 2 is 2.12 bits per heavy atom. The Bertz CT molecular complexity index is 926. The second-order valence-corrected chi connectivity index (χ2v) is 7.63. The number of thiophene rings is 1. The summed E-state index contributed by atoms with van der Waals surface area (Å²) in [6, 6.07) is 10.9. The van der Waals surface area contributed by atoms with E-state index in [-0.39, 0.29) is 5.69 Å². The van der Waals surface area contributed by atoms with Crippen LogP contribution in [-0.4, -0.2) is 28.7 Å². The van der Waals surface area contributed by atoms with Crippen LogP contribution >= 0.6 is 11.3 Å². The van der Waals surface area contributed by atoms with Gasteiger partial charge in [-0.25, -0.2) is 0 Å². The summed E-state index contributed by atoms with van der Waals surface area (Å²) < 4.78 is 0.839. The van der Waals surface area contributed by atoms with Crippen LogP contribution in [-0.2, 0) is 6.42 Å². The van der Waals surface area contributed by atoms with Gasteiger partial charge in [-0.3, -0.25) is 4.79 Å². The molecule has 0 bridgehead atoms. The summed E-state index contributed by atoms with van der Waals surface area (Å²) in [5, 5.41) is 13.0. The molecule has 0 saturated carbocycles. The van der Waals surface area contributed by atoms with E-state index in [1.165, 1.54) is 12.0 Å². The number of carbonyl (C=O) groups is 1. The summed E-state index contributed by atoms with van der Waals surface area (Å²) in [7, 11) is 0. The highest BCUT2D eigenvalue weighted by Gasteiger charge is 2.21. The maximum atomic E-state index is 11.8. The first kappa shape index (κ1) is 16.2. The van der Waals surface area contributed by atoms with E-state index < -0.39 is 5.91 Å². The van der Waals surface area contributed by atoms with Crippen molar-refractivity contribution in [2.24, 2.45) is 5.73 Å². The zero-order chi connectivity index (χ0) is 17.4. The van der Waals surface area contributed by atoms with E-state index in [4.69, 9.17) is 5.73 Å². The number of aromatic nitrogens is 2. The quantitative estimate of drug-likeness (QED) is 0.756. The number of primary amides is 1. The molecule has 0 aliphatic carbocycles. The zero-order valence-electron chi connectivity index (χ0n) is 14.1. The van der Waals surface area contributed by atoms with Crippen molar-refractivity contribution in [3.8, 4) is 10.4 Å². The van der Waals surface area contributed by atoms with Crippen molar-refractivity contribution in [2.75, 3.05) is 6.54 Å². The highest BCUT2D eigenvalue weighted by atomic mass is 32.1. The minimum absolute atomic E-state index is 0.265. The first-order chi connectivity index (χ1) is 12.1. The number of fused-ring (bicyclic) bond motifs is 1. The molecule has 1 atom stereocenters. The molecule has 1 saturated heterocycles. The predicted octanol–water partition coefficient (Wildman–Crippen LogP) is 3.06. The van der Waals surface area contributed by atoms with Gasteiger partial charge in [-0.15, -0.1) is 16.4 Å². The molecule has 128 valence electrons. The third-order valence-corrected chi connectivity index (χ3v) is 5.89. The van der Waals surface area contributed by atoms with Crippen molar-refractivity contribution in [1.29, 1.82) is 0 Å². The second kappa shape index (κ2) is 6.54. The Kier molecular flexibility index (Phi) is 4.23. The van der Waals surface area contributed by atoms with Gasteiger partial charge in [0.2, 0.25) is 0 Å². The van der Waals surface area contributed by atoms with Gasteiger partial charge in [0.05, 0.1) is 10.4 Å². The van der Waals surface area contributed by atoms with Crippen LogP contribution in [0.5, 0.6) is 0 Å². The summed E-state index contributed by atoms with van der Waals surface area (Å²) in [5.41, 5.74) is 9.07. The normalized spacial score (nSPS) is 17.2. The number of amides is 1.